The van der Waals surface area contributed by atoms with Gasteiger partial charge in [-0.25, -0.2) is 15.0 Å². The molecule has 2 aromatic rings. The summed E-state index contributed by atoms with van der Waals surface area (Å²) in [7, 11) is 0. The van der Waals surface area contributed by atoms with Crippen molar-refractivity contribution in [2.75, 3.05) is 0 Å². The highest BCUT2D eigenvalue weighted by atomic mass is 16.3. The van der Waals surface area contributed by atoms with Crippen LogP contribution in [0.2, 0.25) is 0 Å². The minimum atomic E-state index is -0.0155. The van der Waals surface area contributed by atoms with Gasteiger partial charge in [-0.1, -0.05) is 0 Å². The van der Waals surface area contributed by atoms with Gasteiger partial charge in [-0.05, 0) is 18.2 Å². The standard InChI is InChI=1S/C11H8N4O/c16-11-9(14-6-15-11)4-7-5-13-10-8(7)2-1-3-12-10/h1-6,16H,(H,14,15). The van der Waals surface area contributed by atoms with Gasteiger partial charge in [0.2, 0.25) is 5.88 Å². The van der Waals surface area contributed by atoms with Gasteiger partial charge in [0.05, 0.1) is 6.33 Å². The summed E-state index contributed by atoms with van der Waals surface area (Å²) in [5.41, 5.74) is 2.43. The molecule has 0 saturated carbocycles. The summed E-state index contributed by atoms with van der Waals surface area (Å²) >= 11 is 0. The molecule has 3 heterocycles. The van der Waals surface area contributed by atoms with Crippen LogP contribution in [0.1, 0.15) is 11.3 Å². The summed E-state index contributed by atoms with van der Waals surface area (Å²) < 4.78 is 0. The van der Waals surface area contributed by atoms with Gasteiger partial charge in [0.25, 0.3) is 0 Å². The van der Waals surface area contributed by atoms with E-state index in [1.54, 1.807) is 18.5 Å². The molecule has 0 aromatic carbocycles. The van der Waals surface area contributed by atoms with Crippen LogP contribution in [0.4, 0.5) is 5.82 Å². The summed E-state index contributed by atoms with van der Waals surface area (Å²) in [6.07, 6.45) is 6.65. The minimum Gasteiger partial charge on any atom is -0.492 e. The largest absolute Gasteiger partial charge is 0.492 e. The van der Waals surface area contributed by atoms with Crippen LogP contribution in [-0.4, -0.2) is 26.3 Å². The lowest BCUT2D eigenvalue weighted by atomic mass is 10.1. The zero-order chi connectivity index (χ0) is 11.0. The van der Waals surface area contributed by atoms with Crippen LogP contribution in [0.15, 0.2) is 29.6 Å². The van der Waals surface area contributed by atoms with Crippen molar-refractivity contribution in [1.82, 2.24) is 15.0 Å². The average Bonchev–Trinajstić information content (AvgIpc) is 2.88. The Morgan fingerprint density at radius 2 is 2.25 bits per heavy atom. The molecule has 3 rings (SSSR count). The lowest BCUT2D eigenvalue weighted by Gasteiger charge is -1.97. The highest BCUT2D eigenvalue weighted by Crippen LogP contribution is 2.30. The van der Waals surface area contributed by atoms with Gasteiger partial charge >= 0.3 is 0 Å². The molecule has 0 aliphatic carbocycles. The number of aromatic amines is 1. The molecular weight excluding hydrogens is 204 g/mol. The van der Waals surface area contributed by atoms with Gasteiger partial charge in [-0.2, -0.15) is 0 Å². The average molecular weight is 212 g/mol. The Morgan fingerprint density at radius 3 is 3.06 bits per heavy atom. The number of rotatable bonds is 1. The van der Waals surface area contributed by atoms with E-state index in [0.29, 0.717) is 11.5 Å². The third-order valence-corrected chi connectivity index (χ3v) is 2.37. The second kappa shape index (κ2) is 3.30. The molecule has 0 radical (unpaired) electrons. The van der Waals surface area contributed by atoms with Crippen molar-refractivity contribution >= 4 is 23.7 Å². The normalized spacial score (nSPS) is 15.6. The molecule has 2 aromatic heterocycles. The van der Waals surface area contributed by atoms with Crippen molar-refractivity contribution in [2.45, 2.75) is 0 Å². The maximum atomic E-state index is 9.41. The van der Waals surface area contributed by atoms with E-state index in [1.807, 2.05) is 12.1 Å². The molecule has 0 unspecified atom stereocenters. The lowest BCUT2D eigenvalue weighted by molar-refractivity contribution is 0.455. The first kappa shape index (κ1) is 8.84. The van der Waals surface area contributed by atoms with Crippen LogP contribution in [-0.2, 0) is 0 Å². The Bertz CT molecular complexity index is 598. The Labute approximate surface area is 91.2 Å². The molecule has 78 valence electrons. The number of aliphatic imine (C=N–C) groups is 1. The summed E-state index contributed by atoms with van der Waals surface area (Å²) in [4.78, 5) is 14.9. The van der Waals surface area contributed by atoms with Crippen LogP contribution in [0.5, 0.6) is 5.88 Å². The fourth-order valence-electron chi connectivity index (χ4n) is 1.60. The van der Waals surface area contributed by atoms with Crippen molar-refractivity contribution < 1.29 is 5.11 Å². The van der Waals surface area contributed by atoms with Gasteiger partial charge in [-0.3, -0.25) is 0 Å². The number of hydrogen-bond acceptors (Lipinski definition) is 4. The maximum absolute atomic E-state index is 9.41. The van der Waals surface area contributed by atoms with Gasteiger partial charge in [0.1, 0.15) is 5.69 Å². The highest BCUT2D eigenvalue weighted by molar-refractivity contribution is 6.20. The lowest BCUT2D eigenvalue weighted by Crippen LogP contribution is -1.82. The Balaban J connectivity index is 2.09. The van der Waals surface area contributed by atoms with Crippen LogP contribution in [0.25, 0.3) is 11.6 Å². The fourth-order valence-corrected chi connectivity index (χ4v) is 1.60. The number of pyridine rings is 1. The predicted octanol–water partition coefficient (Wildman–Crippen LogP) is 1.77. The minimum absolute atomic E-state index is 0.0155. The third-order valence-electron chi connectivity index (χ3n) is 2.37. The number of fused-ring (bicyclic) bond motifs is 1. The van der Waals surface area contributed by atoms with Gasteiger partial charge in [0.15, 0.2) is 5.82 Å². The van der Waals surface area contributed by atoms with E-state index in [1.165, 1.54) is 6.33 Å². The molecule has 0 fully saturated rings. The van der Waals surface area contributed by atoms with Crippen molar-refractivity contribution in [1.29, 1.82) is 0 Å². The molecule has 5 heteroatoms. The van der Waals surface area contributed by atoms with E-state index < -0.39 is 0 Å². The fraction of sp³-hybridized carbons (Fsp3) is 0. The Kier molecular flexibility index (Phi) is 1.83. The SMILES string of the molecule is Oc1nc[nH]c1C=C1C=Nc2ncccc21. The van der Waals surface area contributed by atoms with Gasteiger partial charge in [-0.15, -0.1) is 0 Å². The number of aromatic nitrogens is 3. The Morgan fingerprint density at radius 1 is 1.31 bits per heavy atom. The molecule has 0 atom stereocenters. The van der Waals surface area contributed by atoms with E-state index >= 15 is 0 Å². The molecule has 1 aliphatic heterocycles. The molecule has 1 aliphatic rings. The van der Waals surface area contributed by atoms with Gasteiger partial charge < -0.3 is 10.1 Å². The number of allylic oxidation sites excluding steroid dienone is 1. The van der Waals surface area contributed by atoms with Crippen LogP contribution >= 0.6 is 0 Å². The number of aromatic hydroxyl groups is 1. The second-order valence-corrected chi connectivity index (χ2v) is 3.37. The summed E-state index contributed by atoms with van der Waals surface area (Å²) in [6.45, 7) is 0. The molecule has 2 N–H and O–H groups in total. The first-order valence-corrected chi connectivity index (χ1v) is 4.78. The number of nitrogens with zero attached hydrogens (tertiary/aromatic N) is 3. The van der Waals surface area contributed by atoms with Crippen molar-refractivity contribution in [3.05, 3.63) is 35.9 Å². The third kappa shape index (κ3) is 1.30. The molecule has 0 bridgehead atoms. The molecular formula is C11H8N4O. The van der Waals surface area contributed by atoms with Gasteiger partial charge in [0, 0.05) is 23.5 Å². The number of H-pyrrole nitrogens is 1. The molecule has 0 amide bonds. The molecule has 16 heavy (non-hydrogen) atoms. The monoisotopic (exact) mass is 212 g/mol. The Hall–Kier alpha value is -2.43. The zero-order valence-corrected chi connectivity index (χ0v) is 8.25. The van der Waals surface area contributed by atoms with Crippen LogP contribution in [0.3, 0.4) is 0 Å². The number of imidazole rings is 1. The predicted molar refractivity (Wildman–Crippen MR) is 60.5 cm³/mol. The van der Waals surface area contributed by atoms with E-state index in [0.717, 1.165) is 11.1 Å². The van der Waals surface area contributed by atoms with E-state index in [4.69, 9.17) is 0 Å². The summed E-state index contributed by atoms with van der Waals surface area (Å²) in [5.74, 6) is 0.686. The first-order chi connectivity index (χ1) is 7.84. The van der Waals surface area contributed by atoms with E-state index in [9.17, 15) is 5.11 Å². The molecule has 0 spiro atoms. The first-order valence-electron chi connectivity index (χ1n) is 4.78. The smallest absolute Gasteiger partial charge is 0.236 e. The molecule has 5 nitrogen and oxygen atoms in total. The zero-order valence-electron chi connectivity index (χ0n) is 8.25. The van der Waals surface area contributed by atoms with Crippen molar-refractivity contribution in [2.24, 2.45) is 4.99 Å². The summed E-state index contributed by atoms with van der Waals surface area (Å²) in [5, 5.41) is 9.41. The van der Waals surface area contributed by atoms with E-state index in [2.05, 4.69) is 19.9 Å². The number of nitrogens with one attached hydrogen (secondary N) is 1. The van der Waals surface area contributed by atoms with Crippen molar-refractivity contribution in [3.63, 3.8) is 0 Å². The maximum Gasteiger partial charge on any atom is 0.236 e. The van der Waals surface area contributed by atoms with Crippen LogP contribution in [0, 0.1) is 0 Å². The van der Waals surface area contributed by atoms with E-state index in [-0.39, 0.29) is 5.88 Å². The quantitative estimate of drug-likeness (QED) is 0.756. The highest BCUT2D eigenvalue weighted by Gasteiger charge is 2.13. The topological polar surface area (TPSA) is 74.2 Å². The van der Waals surface area contributed by atoms with Crippen molar-refractivity contribution in [3.8, 4) is 5.88 Å². The molecule has 0 saturated heterocycles. The summed E-state index contributed by atoms with van der Waals surface area (Å²) in [6, 6.07) is 3.79. The van der Waals surface area contributed by atoms with Crippen LogP contribution < -0.4 is 0 Å². The number of hydrogen-bond donors (Lipinski definition) is 2. The second-order valence-electron chi connectivity index (χ2n) is 3.37.